The van der Waals surface area contributed by atoms with Gasteiger partial charge >= 0.3 is 0 Å². The van der Waals surface area contributed by atoms with Crippen molar-refractivity contribution in [3.63, 3.8) is 0 Å². The highest BCUT2D eigenvalue weighted by Gasteiger charge is 2.43. The van der Waals surface area contributed by atoms with Gasteiger partial charge in [-0.25, -0.2) is 4.98 Å². The fourth-order valence-electron chi connectivity index (χ4n) is 6.54. The van der Waals surface area contributed by atoms with Crippen LogP contribution in [-0.4, -0.2) is 31.6 Å². The monoisotopic (exact) mass is 707 g/mol. The number of thiazole rings is 1. The number of aryl methyl sites for hydroxylation is 2. The predicted octanol–water partition coefficient (Wildman–Crippen LogP) is 11.4. The zero-order chi connectivity index (χ0) is 35.5. The molecule has 0 aliphatic carbocycles. The Morgan fingerprint density at radius 2 is 1.46 bits per heavy atom. The fraction of sp³-hybridized carbons (Fsp3) is 0.419. The van der Waals surface area contributed by atoms with E-state index in [-0.39, 0.29) is 35.6 Å². The second-order valence-corrected chi connectivity index (χ2v) is 21.1. The van der Waals surface area contributed by atoms with Crippen LogP contribution >= 0.6 is 11.3 Å². The van der Waals surface area contributed by atoms with Crippen molar-refractivity contribution in [1.82, 2.24) is 4.98 Å². The van der Waals surface area contributed by atoms with Crippen molar-refractivity contribution in [3.05, 3.63) is 135 Å². The summed E-state index contributed by atoms with van der Waals surface area (Å²) in [5, 5.41) is 1.02. The molecule has 50 heavy (non-hydrogen) atoms. The van der Waals surface area contributed by atoms with E-state index in [0.717, 1.165) is 45.6 Å². The van der Waals surface area contributed by atoms with Crippen LogP contribution in [0.4, 0.5) is 0 Å². The molecule has 6 rings (SSSR count). The Bertz CT molecular complexity index is 1820. The number of hydrogen-bond donors (Lipinski definition) is 0. The van der Waals surface area contributed by atoms with Gasteiger partial charge in [0.1, 0.15) is 23.3 Å². The van der Waals surface area contributed by atoms with Crippen LogP contribution in [0.25, 0.3) is 10.2 Å². The van der Waals surface area contributed by atoms with Crippen LogP contribution < -0.4 is 0 Å². The van der Waals surface area contributed by atoms with Crippen LogP contribution in [0.3, 0.4) is 0 Å². The molecular formula is C43H53NO4SSi. The largest absolute Gasteiger partial charge is 0.403 e. The summed E-state index contributed by atoms with van der Waals surface area (Å²) in [6.45, 7) is 19.2. The molecule has 0 bridgehead atoms. The third-order valence-electron chi connectivity index (χ3n) is 10.5. The van der Waals surface area contributed by atoms with Crippen molar-refractivity contribution in [2.24, 2.45) is 0 Å². The standard InChI is InChI=1S/C43H53NO4SSi/c1-9-33-25-37(45-27-31-18-12-10-13-19-31)41(46-28-32-20-14-11-15-21-32)39(47-33)34-26-35(30(3)24-29(34)2)40(48-50(7,8)43(4,5)6)42-44-36-22-16-17-23-38(36)49-42/h10-24,26,33,37,39-41H,9,25,27-28H2,1-8H3/t33-,37+,39+,40?,41-/m1/s1. The lowest BCUT2D eigenvalue weighted by Gasteiger charge is -2.43. The van der Waals surface area contributed by atoms with Crippen molar-refractivity contribution >= 4 is 29.9 Å². The SMILES string of the molecule is CC[C@@H]1C[C@H](OCc2ccccc2)[C@@H](OCc2ccccc2)[C@H](c2cc(C(O[Si](C)(C)C(C)(C)C)c3nc4ccccc4s3)c(C)cc2C)O1. The minimum absolute atomic E-state index is 0.0316. The molecule has 7 heteroatoms. The molecule has 2 heterocycles. The number of hydrogen-bond acceptors (Lipinski definition) is 6. The molecule has 264 valence electrons. The third kappa shape index (κ3) is 8.30. The zero-order valence-electron chi connectivity index (χ0n) is 30.9. The van der Waals surface area contributed by atoms with Crippen LogP contribution in [-0.2, 0) is 31.9 Å². The molecular weight excluding hydrogens is 655 g/mol. The molecule has 4 aromatic carbocycles. The summed E-state index contributed by atoms with van der Waals surface area (Å²) in [6, 6.07) is 33.8. The van der Waals surface area contributed by atoms with Crippen LogP contribution in [0.1, 0.15) is 91.1 Å². The van der Waals surface area contributed by atoms with Crippen molar-refractivity contribution in [2.45, 2.75) is 116 Å². The van der Waals surface area contributed by atoms with Crippen LogP contribution in [0.2, 0.25) is 18.1 Å². The number of rotatable bonds is 12. The van der Waals surface area contributed by atoms with E-state index < -0.39 is 8.32 Å². The van der Waals surface area contributed by atoms with E-state index >= 15 is 0 Å². The quantitative estimate of drug-likeness (QED) is 0.121. The first-order chi connectivity index (χ1) is 23.9. The highest BCUT2D eigenvalue weighted by molar-refractivity contribution is 7.18. The van der Waals surface area contributed by atoms with Gasteiger partial charge in [-0.3, -0.25) is 0 Å². The number of fused-ring (bicyclic) bond motifs is 1. The summed E-state index contributed by atoms with van der Waals surface area (Å²) in [7, 11) is -2.22. The van der Waals surface area contributed by atoms with E-state index in [2.05, 4.69) is 140 Å². The first-order valence-electron chi connectivity index (χ1n) is 18.0. The fourth-order valence-corrected chi connectivity index (χ4v) is 8.82. The minimum atomic E-state index is -2.22. The average molecular weight is 708 g/mol. The Kier molecular flexibility index (Phi) is 11.4. The number of ether oxygens (including phenoxy) is 3. The maximum Gasteiger partial charge on any atom is 0.193 e. The Morgan fingerprint density at radius 3 is 2.08 bits per heavy atom. The smallest absolute Gasteiger partial charge is 0.193 e. The van der Waals surface area contributed by atoms with Gasteiger partial charge in [0.25, 0.3) is 0 Å². The van der Waals surface area contributed by atoms with Crippen molar-refractivity contribution in [2.75, 3.05) is 0 Å². The van der Waals surface area contributed by atoms with Crippen molar-refractivity contribution in [3.8, 4) is 0 Å². The van der Waals surface area contributed by atoms with Gasteiger partial charge in [-0.15, -0.1) is 11.3 Å². The predicted molar refractivity (Wildman–Crippen MR) is 208 cm³/mol. The maximum atomic E-state index is 7.34. The number of benzene rings is 4. The van der Waals surface area contributed by atoms with E-state index in [1.165, 1.54) is 15.8 Å². The van der Waals surface area contributed by atoms with Gasteiger partial charge in [0, 0.05) is 6.42 Å². The Morgan fingerprint density at radius 1 is 0.840 bits per heavy atom. The van der Waals surface area contributed by atoms with Crippen LogP contribution in [0.5, 0.6) is 0 Å². The van der Waals surface area contributed by atoms with Crippen LogP contribution in [0.15, 0.2) is 97.1 Å². The van der Waals surface area contributed by atoms with Gasteiger partial charge in [-0.1, -0.05) is 107 Å². The summed E-state index contributed by atoms with van der Waals surface area (Å²) in [6.07, 6.45) is 0.653. The van der Waals surface area contributed by atoms with E-state index in [9.17, 15) is 0 Å². The molecule has 1 fully saturated rings. The first kappa shape index (κ1) is 36.6. The van der Waals surface area contributed by atoms with E-state index in [0.29, 0.717) is 13.2 Å². The van der Waals surface area contributed by atoms with E-state index in [4.69, 9.17) is 23.6 Å². The van der Waals surface area contributed by atoms with Gasteiger partial charge in [-0.2, -0.15) is 0 Å². The van der Waals surface area contributed by atoms with Gasteiger partial charge < -0.3 is 18.6 Å². The Balaban J connectivity index is 1.43. The molecule has 1 unspecified atom stereocenters. The minimum Gasteiger partial charge on any atom is -0.403 e. The summed E-state index contributed by atoms with van der Waals surface area (Å²) >= 11 is 1.73. The molecule has 1 aromatic heterocycles. The zero-order valence-corrected chi connectivity index (χ0v) is 32.8. The molecule has 5 atom stereocenters. The lowest BCUT2D eigenvalue weighted by atomic mass is 9.87. The normalized spacial score (nSPS) is 20.6. The van der Waals surface area contributed by atoms with Gasteiger partial charge in [0.2, 0.25) is 0 Å². The van der Waals surface area contributed by atoms with Crippen molar-refractivity contribution in [1.29, 1.82) is 0 Å². The Labute approximate surface area is 304 Å². The summed E-state index contributed by atoms with van der Waals surface area (Å²) in [5.74, 6) is 0. The van der Waals surface area contributed by atoms with Gasteiger partial charge in [0.15, 0.2) is 8.32 Å². The van der Waals surface area contributed by atoms with Crippen molar-refractivity contribution < 1.29 is 18.6 Å². The molecule has 0 amide bonds. The van der Waals surface area contributed by atoms with Gasteiger partial charge in [-0.05, 0) is 90.0 Å². The molecule has 5 aromatic rings. The number of aromatic nitrogens is 1. The summed E-state index contributed by atoms with van der Waals surface area (Å²) in [4.78, 5) is 5.17. The van der Waals surface area contributed by atoms with Gasteiger partial charge in [0.05, 0.1) is 35.6 Å². The van der Waals surface area contributed by atoms with Crippen LogP contribution in [0, 0.1) is 13.8 Å². The summed E-state index contributed by atoms with van der Waals surface area (Å²) in [5.41, 5.74) is 7.93. The number of para-hydroxylation sites is 1. The second-order valence-electron chi connectivity index (χ2n) is 15.3. The summed E-state index contributed by atoms with van der Waals surface area (Å²) < 4.78 is 29.2. The van der Waals surface area contributed by atoms with E-state index in [1.807, 2.05) is 12.1 Å². The molecule has 0 N–H and O–H groups in total. The Hall–Kier alpha value is -3.17. The lowest BCUT2D eigenvalue weighted by Crippen LogP contribution is -2.46. The maximum absolute atomic E-state index is 7.34. The third-order valence-corrected chi connectivity index (χ3v) is 16.1. The molecule has 0 saturated carbocycles. The highest BCUT2D eigenvalue weighted by atomic mass is 32.1. The average Bonchev–Trinajstić information content (AvgIpc) is 3.54. The topological polar surface area (TPSA) is 49.8 Å². The number of nitrogens with zero attached hydrogens (tertiary/aromatic N) is 1. The molecule has 0 spiro atoms. The first-order valence-corrected chi connectivity index (χ1v) is 21.8. The molecule has 5 nitrogen and oxygen atoms in total. The highest BCUT2D eigenvalue weighted by Crippen LogP contribution is 2.45. The van der Waals surface area contributed by atoms with E-state index in [1.54, 1.807) is 11.3 Å². The molecule has 1 aliphatic heterocycles. The molecule has 1 saturated heterocycles. The lowest BCUT2D eigenvalue weighted by molar-refractivity contribution is -0.211. The molecule has 0 radical (unpaired) electrons. The molecule has 1 aliphatic rings. The second kappa shape index (κ2) is 15.6.